The highest BCUT2D eigenvalue weighted by Gasteiger charge is 2.20. The smallest absolute Gasteiger partial charge is 0.338 e. The van der Waals surface area contributed by atoms with Crippen molar-refractivity contribution in [2.45, 2.75) is 85.2 Å². The van der Waals surface area contributed by atoms with E-state index in [1.54, 1.807) is 30.3 Å². The van der Waals surface area contributed by atoms with Gasteiger partial charge >= 0.3 is 11.9 Å². The van der Waals surface area contributed by atoms with Crippen LogP contribution >= 0.6 is 0 Å². The summed E-state index contributed by atoms with van der Waals surface area (Å²) >= 11 is 0. The third-order valence-corrected chi connectivity index (χ3v) is 7.37. The lowest BCUT2D eigenvalue weighted by Gasteiger charge is -2.23. The van der Waals surface area contributed by atoms with Gasteiger partial charge in [-0.3, -0.25) is 4.79 Å². The molecule has 1 atom stereocenters. The lowest BCUT2D eigenvalue weighted by molar-refractivity contribution is -0.147. The van der Waals surface area contributed by atoms with E-state index in [4.69, 9.17) is 9.47 Å². The van der Waals surface area contributed by atoms with Crippen LogP contribution in [0, 0.1) is 0 Å². The Hall–Kier alpha value is -1.93. The molecule has 0 heterocycles. The quantitative estimate of drug-likeness (QED) is 0.235. The van der Waals surface area contributed by atoms with E-state index in [1.165, 1.54) is 6.92 Å². The van der Waals surface area contributed by atoms with E-state index in [9.17, 15) is 18.0 Å². The monoisotopic (exact) mass is 483 g/mol. The molecule has 0 aliphatic heterocycles. The number of hydrogen-bond donors (Lipinski definition) is 0. The first kappa shape index (κ1) is 29.1. The fourth-order valence-electron chi connectivity index (χ4n) is 3.67. The van der Waals surface area contributed by atoms with Crippen molar-refractivity contribution in [3.05, 3.63) is 35.4 Å². The molecule has 7 nitrogen and oxygen atoms in total. The third-order valence-electron chi connectivity index (χ3n) is 5.49. The SMILES string of the molecule is CCCCCC(CCCN(CCCc1ccc(C(=O)OCC)cc1)S(=O)(=O)CC)OC(C)=O. The molecule has 8 heteroatoms. The summed E-state index contributed by atoms with van der Waals surface area (Å²) in [6.07, 6.45) is 6.56. The second-order valence-electron chi connectivity index (χ2n) is 8.19. The first-order chi connectivity index (χ1) is 15.7. The van der Waals surface area contributed by atoms with Crippen molar-refractivity contribution in [1.82, 2.24) is 4.31 Å². The molecule has 1 aromatic rings. The molecule has 0 saturated heterocycles. The van der Waals surface area contributed by atoms with E-state index in [0.717, 1.165) is 31.2 Å². The highest BCUT2D eigenvalue weighted by Crippen LogP contribution is 2.15. The molecule has 1 aromatic carbocycles. The summed E-state index contributed by atoms with van der Waals surface area (Å²) in [4.78, 5) is 23.2. The minimum Gasteiger partial charge on any atom is -0.463 e. The summed E-state index contributed by atoms with van der Waals surface area (Å²) < 4.78 is 37.1. The van der Waals surface area contributed by atoms with E-state index in [0.29, 0.717) is 50.9 Å². The van der Waals surface area contributed by atoms with Crippen LogP contribution < -0.4 is 0 Å². The minimum absolute atomic E-state index is 0.0606. The van der Waals surface area contributed by atoms with Gasteiger partial charge in [0.1, 0.15) is 6.10 Å². The van der Waals surface area contributed by atoms with Crippen molar-refractivity contribution in [3.8, 4) is 0 Å². The van der Waals surface area contributed by atoms with Gasteiger partial charge in [-0.2, -0.15) is 0 Å². The zero-order chi connectivity index (χ0) is 24.7. The number of rotatable bonds is 17. The Morgan fingerprint density at radius 2 is 1.58 bits per heavy atom. The highest BCUT2D eigenvalue weighted by molar-refractivity contribution is 7.89. The molecule has 1 rings (SSSR count). The van der Waals surface area contributed by atoms with Gasteiger partial charge in [-0.1, -0.05) is 31.9 Å². The Labute approximate surface area is 199 Å². The lowest BCUT2D eigenvalue weighted by atomic mass is 10.1. The molecule has 188 valence electrons. The predicted octanol–water partition coefficient (Wildman–Crippen LogP) is 4.74. The first-order valence-electron chi connectivity index (χ1n) is 12.1. The maximum atomic E-state index is 12.6. The van der Waals surface area contributed by atoms with Gasteiger partial charge in [0.25, 0.3) is 0 Å². The van der Waals surface area contributed by atoms with Crippen molar-refractivity contribution in [2.24, 2.45) is 0 Å². The van der Waals surface area contributed by atoms with Gasteiger partial charge in [-0.15, -0.1) is 0 Å². The molecule has 0 radical (unpaired) electrons. The molecule has 0 amide bonds. The number of sulfonamides is 1. The number of carbonyl (C=O) groups is 2. The number of aryl methyl sites for hydroxylation is 1. The Morgan fingerprint density at radius 1 is 0.939 bits per heavy atom. The third kappa shape index (κ3) is 11.7. The molecule has 0 aromatic heterocycles. The molecule has 0 spiro atoms. The van der Waals surface area contributed by atoms with Gasteiger partial charge in [0.05, 0.1) is 17.9 Å². The molecule has 0 N–H and O–H groups in total. The summed E-state index contributed by atoms with van der Waals surface area (Å²) in [7, 11) is -3.32. The van der Waals surface area contributed by atoms with Gasteiger partial charge in [0, 0.05) is 20.0 Å². The average Bonchev–Trinajstić information content (AvgIpc) is 2.78. The van der Waals surface area contributed by atoms with Crippen LogP contribution in [0.4, 0.5) is 0 Å². The maximum Gasteiger partial charge on any atom is 0.338 e. The van der Waals surface area contributed by atoms with Crippen LogP contribution in [-0.2, 0) is 30.7 Å². The number of ether oxygens (including phenoxy) is 2. The Bertz CT molecular complexity index is 807. The van der Waals surface area contributed by atoms with Gasteiger partial charge < -0.3 is 9.47 Å². The number of hydrogen-bond acceptors (Lipinski definition) is 6. The summed E-state index contributed by atoms with van der Waals surface area (Å²) in [6.45, 7) is 8.16. The Morgan fingerprint density at radius 3 is 2.15 bits per heavy atom. The number of unbranched alkanes of at least 4 members (excludes halogenated alkanes) is 2. The van der Waals surface area contributed by atoms with E-state index >= 15 is 0 Å². The number of nitrogens with zero attached hydrogens (tertiary/aromatic N) is 1. The molecule has 1 unspecified atom stereocenters. The normalized spacial score (nSPS) is 12.5. The van der Waals surface area contributed by atoms with Crippen LogP contribution in [0.1, 0.15) is 88.6 Å². The number of carbonyl (C=O) groups excluding carboxylic acids is 2. The Balaban J connectivity index is 2.60. The van der Waals surface area contributed by atoms with E-state index in [1.807, 2.05) is 12.1 Å². The predicted molar refractivity (Wildman–Crippen MR) is 131 cm³/mol. The molecule has 0 bridgehead atoms. The summed E-state index contributed by atoms with van der Waals surface area (Å²) in [5.41, 5.74) is 1.56. The zero-order valence-corrected chi connectivity index (χ0v) is 21.5. The van der Waals surface area contributed by atoms with Crippen LogP contribution in [0.25, 0.3) is 0 Å². The molecule has 0 aliphatic rings. The topological polar surface area (TPSA) is 90.0 Å². The van der Waals surface area contributed by atoms with Crippen molar-refractivity contribution < 1.29 is 27.5 Å². The van der Waals surface area contributed by atoms with Gasteiger partial charge in [-0.05, 0) is 70.1 Å². The van der Waals surface area contributed by atoms with Crippen molar-refractivity contribution in [1.29, 1.82) is 0 Å². The van der Waals surface area contributed by atoms with Gasteiger partial charge in [0.15, 0.2) is 0 Å². The van der Waals surface area contributed by atoms with Crippen molar-refractivity contribution in [2.75, 3.05) is 25.4 Å². The average molecular weight is 484 g/mol. The second kappa shape index (κ2) is 15.8. The molecule has 33 heavy (non-hydrogen) atoms. The van der Waals surface area contributed by atoms with E-state index in [-0.39, 0.29) is 23.8 Å². The van der Waals surface area contributed by atoms with Crippen LogP contribution in [-0.4, -0.2) is 56.2 Å². The molecule has 0 saturated carbocycles. The largest absolute Gasteiger partial charge is 0.463 e. The van der Waals surface area contributed by atoms with Gasteiger partial charge in [0.2, 0.25) is 10.0 Å². The fraction of sp³-hybridized carbons (Fsp3) is 0.680. The summed E-state index contributed by atoms with van der Waals surface area (Å²) in [6, 6.07) is 7.24. The van der Waals surface area contributed by atoms with E-state index in [2.05, 4.69) is 6.92 Å². The van der Waals surface area contributed by atoms with Crippen LogP contribution in [0.2, 0.25) is 0 Å². The maximum absolute atomic E-state index is 12.6. The highest BCUT2D eigenvalue weighted by atomic mass is 32.2. The first-order valence-corrected chi connectivity index (χ1v) is 13.7. The van der Waals surface area contributed by atoms with Crippen LogP contribution in [0.15, 0.2) is 24.3 Å². The second-order valence-corrected chi connectivity index (χ2v) is 10.4. The molecule has 0 fully saturated rings. The van der Waals surface area contributed by atoms with Gasteiger partial charge in [-0.25, -0.2) is 17.5 Å². The molecule has 0 aliphatic carbocycles. The van der Waals surface area contributed by atoms with E-state index < -0.39 is 10.0 Å². The molecular formula is C25H41NO6S. The summed E-state index contributed by atoms with van der Waals surface area (Å²) in [5, 5.41) is 0. The summed E-state index contributed by atoms with van der Waals surface area (Å²) in [5.74, 6) is -0.569. The van der Waals surface area contributed by atoms with Crippen LogP contribution in [0.5, 0.6) is 0 Å². The lowest BCUT2D eigenvalue weighted by Crippen LogP contribution is -2.35. The van der Waals surface area contributed by atoms with Crippen molar-refractivity contribution in [3.63, 3.8) is 0 Å². The Kier molecular flexibility index (Phi) is 14.0. The van der Waals surface area contributed by atoms with Crippen molar-refractivity contribution >= 4 is 22.0 Å². The van der Waals surface area contributed by atoms with Crippen LogP contribution in [0.3, 0.4) is 0 Å². The number of benzene rings is 1. The molecular weight excluding hydrogens is 442 g/mol. The minimum atomic E-state index is -3.32. The fourth-order valence-corrected chi connectivity index (χ4v) is 4.85. The zero-order valence-electron chi connectivity index (χ0n) is 20.7. The standard InChI is InChI=1S/C25H41NO6S/c1-5-8-9-13-24(32-21(4)27)14-11-20-26(33(29,30)7-3)19-10-12-22-15-17-23(18-16-22)25(28)31-6-2/h15-18,24H,5-14,19-20H2,1-4H3. The number of esters is 2.